The first kappa shape index (κ1) is 21.3. The van der Waals surface area contributed by atoms with Crippen molar-refractivity contribution in [1.82, 2.24) is 4.90 Å². The third-order valence-corrected chi connectivity index (χ3v) is 5.36. The first-order chi connectivity index (χ1) is 13.8. The van der Waals surface area contributed by atoms with Crippen LogP contribution in [-0.2, 0) is 11.3 Å². The molecule has 29 heavy (non-hydrogen) atoms. The van der Waals surface area contributed by atoms with Crippen molar-refractivity contribution in [3.05, 3.63) is 64.7 Å². The molecule has 0 aromatic heterocycles. The molecule has 0 bridgehead atoms. The van der Waals surface area contributed by atoms with Gasteiger partial charge in [0, 0.05) is 35.3 Å². The van der Waals surface area contributed by atoms with Gasteiger partial charge in [-0.15, -0.1) is 0 Å². The van der Waals surface area contributed by atoms with Crippen molar-refractivity contribution in [1.29, 1.82) is 0 Å². The quantitative estimate of drug-likeness (QED) is 0.676. The molecule has 0 radical (unpaired) electrons. The molecule has 1 saturated carbocycles. The Kier molecular flexibility index (Phi) is 6.60. The second-order valence-electron chi connectivity index (χ2n) is 8.46. The number of benzene rings is 2. The molecular weight excluding hydrogens is 386 g/mol. The molecule has 0 saturated heterocycles. The fraction of sp³-hybridized carbons (Fsp3) is 0.391. The van der Waals surface area contributed by atoms with Gasteiger partial charge in [-0.2, -0.15) is 0 Å². The van der Waals surface area contributed by atoms with Crippen molar-refractivity contribution in [2.75, 3.05) is 18.4 Å². The van der Waals surface area contributed by atoms with Crippen LogP contribution in [0.5, 0.6) is 0 Å². The molecule has 3 N–H and O–H groups in total. The molecule has 1 fully saturated rings. The number of nitrogens with two attached hydrogens (primary N) is 1. The van der Waals surface area contributed by atoms with Gasteiger partial charge >= 0.3 is 0 Å². The molecule has 1 aliphatic carbocycles. The highest BCUT2D eigenvalue weighted by Gasteiger charge is 2.35. The van der Waals surface area contributed by atoms with Crippen LogP contribution >= 0.6 is 11.6 Å². The third kappa shape index (κ3) is 5.81. The lowest BCUT2D eigenvalue weighted by molar-refractivity contribution is -0.134. The highest BCUT2D eigenvalue weighted by atomic mass is 35.5. The van der Waals surface area contributed by atoms with E-state index in [1.807, 2.05) is 29.2 Å². The molecule has 0 spiro atoms. The maximum Gasteiger partial charge on any atom is 0.255 e. The summed E-state index contributed by atoms with van der Waals surface area (Å²) in [4.78, 5) is 27.4. The van der Waals surface area contributed by atoms with E-state index in [-0.39, 0.29) is 23.1 Å². The molecule has 2 aromatic rings. The summed E-state index contributed by atoms with van der Waals surface area (Å²) in [5, 5.41) is 3.47. The second kappa shape index (κ2) is 8.97. The van der Waals surface area contributed by atoms with Crippen LogP contribution in [0.25, 0.3) is 0 Å². The Morgan fingerprint density at radius 1 is 1.17 bits per heavy atom. The number of carbonyl (C=O) groups is 2. The van der Waals surface area contributed by atoms with Crippen LogP contribution in [0.2, 0.25) is 5.02 Å². The number of amides is 2. The van der Waals surface area contributed by atoms with Crippen LogP contribution in [0, 0.1) is 11.3 Å². The fourth-order valence-corrected chi connectivity index (χ4v) is 3.38. The van der Waals surface area contributed by atoms with Crippen LogP contribution < -0.4 is 11.1 Å². The summed E-state index contributed by atoms with van der Waals surface area (Å²) in [7, 11) is 0. The Morgan fingerprint density at radius 3 is 2.55 bits per heavy atom. The zero-order valence-electron chi connectivity index (χ0n) is 17.0. The molecule has 5 nitrogen and oxygen atoms in total. The molecule has 0 aliphatic heterocycles. The van der Waals surface area contributed by atoms with E-state index >= 15 is 0 Å². The Hall–Kier alpha value is -2.37. The Labute approximate surface area is 177 Å². The molecular formula is C23H28ClN3O2. The van der Waals surface area contributed by atoms with Gasteiger partial charge in [-0.1, -0.05) is 49.7 Å². The van der Waals surface area contributed by atoms with Gasteiger partial charge in [0.25, 0.3) is 5.91 Å². The minimum atomic E-state index is -0.234. The largest absolute Gasteiger partial charge is 0.337 e. The van der Waals surface area contributed by atoms with Gasteiger partial charge in [-0.3, -0.25) is 9.59 Å². The van der Waals surface area contributed by atoms with Crippen LogP contribution in [0.1, 0.15) is 42.6 Å². The van der Waals surface area contributed by atoms with E-state index in [0.29, 0.717) is 35.9 Å². The van der Waals surface area contributed by atoms with E-state index < -0.39 is 0 Å². The predicted octanol–water partition coefficient (Wildman–Crippen LogP) is 4.32. The van der Waals surface area contributed by atoms with Gasteiger partial charge in [0.05, 0.1) is 0 Å². The zero-order valence-corrected chi connectivity index (χ0v) is 17.7. The minimum Gasteiger partial charge on any atom is -0.337 e. The average Bonchev–Trinajstić information content (AvgIpc) is 3.53. The fourth-order valence-electron chi connectivity index (χ4n) is 3.19. The maximum absolute atomic E-state index is 12.9. The monoisotopic (exact) mass is 413 g/mol. The molecule has 0 heterocycles. The Bertz CT molecular complexity index is 893. The van der Waals surface area contributed by atoms with Gasteiger partial charge in [0.2, 0.25) is 5.91 Å². The summed E-state index contributed by atoms with van der Waals surface area (Å²) < 4.78 is 0. The van der Waals surface area contributed by atoms with Crippen molar-refractivity contribution in [2.45, 2.75) is 33.2 Å². The SMILES string of the molecule is CC(C)(CN)CN(Cc1ccccc1NC(=O)c1cccc(Cl)c1)C(=O)C1CC1. The molecule has 2 amide bonds. The summed E-state index contributed by atoms with van der Waals surface area (Å²) in [5.74, 6) is 0.0570. The van der Waals surface area contributed by atoms with E-state index in [0.717, 1.165) is 18.4 Å². The van der Waals surface area contributed by atoms with Crippen molar-refractivity contribution in [3.63, 3.8) is 0 Å². The number of rotatable bonds is 8. The molecule has 0 atom stereocenters. The minimum absolute atomic E-state index is 0.122. The zero-order chi connectivity index (χ0) is 21.0. The van der Waals surface area contributed by atoms with E-state index in [1.165, 1.54) is 0 Å². The summed E-state index contributed by atoms with van der Waals surface area (Å²) in [6, 6.07) is 14.4. The Balaban J connectivity index is 1.80. The summed E-state index contributed by atoms with van der Waals surface area (Å²) in [5.41, 5.74) is 7.80. The maximum atomic E-state index is 12.9. The summed E-state index contributed by atoms with van der Waals surface area (Å²) in [6.45, 7) is 5.63. The highest BCUT2D eigenvalue weighted by Crippen LogP contribution is 2.33. The van der Waals surface area contributed by atoms with Crippen molar-refractivity contribution in [2.24, 2.45) is 17.1 Å². The number of anilines is 1. The third-order valence-electron chi connectivity index (χ3n) is 5.12. The second-order valence-corrected chi connectivity index (χ2v) is 8.89. The van der Waals surface area contributed by atoms with Crippen molar-refractivity contribution in [3.8, 4) is 0 Å². The lowest BCUT2D eigenvalue weighted by Gasteiger charge is -2.32. The Morgan fingerprint density at radius 2 is 1.90 bits per heavy atom. The van der Waals surface area contributed by atoms with Crippen LogP contribution in [-0.4, -0.2) is 29.8 Å². The molecule has 154 valence electrons. The number of para-hydroxylation sites is 1. The lowest BCUT2D eigenvalue weighted by Crippen LogP contribution is -2.42. The van der Waals surface area contributed by atoms with Crippen LogP contribution in [0.3, 0.4) is 0 Å². The van der Waals surface area contributed by atoms with Crippen LogP contribution in [0.4, 0.5) is 5.69 Å². The van der Waals surface area contributed by atoms with Crippen LogP contribution in [0.15, 0.2) is 48.5 Å². The first-order valence-electron chi connectivity index (χ1n) is 9.93. The smallest absolute Gasteiger partial charge is 0.255 e. The standard InChI is InChI=1S/C23H28ClN3O2/c1-23(2,14-25)15-27(22(29)16-10-11-16)13-18-6-3-4-9-20(18)26-21(28)17-7-5-8-19(24)12-17/h3-9,12,16H,10-11,13-15,25H2,1-2H3,(H,26,28). The summed E-state index contributed by atoms with van der Waals surface area (Å²) >= 11 is 6.00. The number of hydrogen-bond acceptors (Lipinski definition) is 3. The van der Waals surface area contributed by atoms with Gasteiger partial charge in [-0.25, -0.2) is 0 Å². The number of carbonyl (C=O) groups excluding carboxylic acids is 2. The molecule has 1 aliphatic rings. The topological polar surface area (TPSA) is 75.4 Å². The van der Waals surface area contributed by atoms with E-state index in [2.05, 4.69) is 19.2 Å². The van der Waals surface area contributed by atoms with Crippen molar-refractivity contribution >= 4 is 29.1 Å². The highest BCUT2D eigenvalue weighted by molar-refractivity contribution is 6.31. The summed E-state index contributed by atoms with van der Waals surface area (Å²) in [6.07, 6.45) is 1.90. The van der Waals surface area contributed by atoms with E-state index in [1.54, 1.807) is 24.3 Å². The number of hydrogen-bond donors (Lipinski definition) is 2. The predicted molar refractivity (Wildman–Crippen MR) is 117 cm³/mol. The van der Waals surface area contributed by atoms with Gasteiger partial charge in [-0.05, 0) is 54.6 Å². The number of nitrogens with one attached hydrogen (secondary N) is 1. The number of halogens is 1. The van der Waals surface area contributed by atoms with Crippen molar-refractivity contribution < 1.29 is 9.59 Å². The lowest BCUT2D eigenvalue weighted by atomic mass is 9.92. The molecule has 2 aromatic carbocycles. The molecule has 3 rings (SSSR count). The molecule has 6 heteroatoms. The van der Waals surface area contributed by atoms with Gasteiger partial charge < -0.3 is 16.0 Å². The van der Waals surface area contributed by atoms with E-state index in [4.69, 9.17) is 17.3 Å². The first-order valence-corrected chi connectivity index (χ1v) is 10.3. The van der Waals surface area contributed by atoms with Gasteiger partial charge in [0.15, 0.2) is 0 Å². The normalized spacial score (nSPS) is 13.8. The molecule has 0 unspecified atom stereocenters. The van der Waals surface area contributed by atoms with E-state index in [9.17, 15) is 9.59 Å². The number of nitrogens with zero attached hydrogens (tertiary/aromatic N) is 1. The van der Waals surface area contributed by atoms with Gasteiger partial charge in [0.1, 0.15) is 0 Å². The average molecular weight is 414 g/mol.